The van der Waals surface area contributed by atoms with Crippen LogP contribution in [0.4, 0.5) is 5.69 Å². The minimum absolute atomic E-state index is 0.0726. The van der Waals surface area contributed by atoms with Crippen LogP contribution in [0.1, 0.15) is 12.6 Å². The maximum Gasteiger partial charge on any atom is 0.226 e. The molecule has 4 N–H and O–H groups in total. The third-order valence-corrected chi connectivity index (χ3v) is 3.72. The lowest BCUT2D eigenvalue weighted by molar-refractivity contribution is -0.120. The van der Waals surface area contributed by atoms with E-state index in [1.807, 2.05) is 0 Å². The highest BCUT2D eigenvalue weighted by atomic mass is 32.2. The van der Waals surface area contributed by atoms with Crippen molar-refractivity contribution in [2.75, 3.05) is 24.6 Å². The summed E-state index contributed by atoms with van der Waals surface area (Å²) < 4.78 is 25.0. The van der Waals surface area contributed by atoms with Crippen molar-refractivity contribution in [1.29, 1.82) is 0 Å². The van der Waals surface area contributed by atoms with Crippen LogP contribution in [0, 0.1) is 0 Å². The van der Waals surface area contributed by atoms with E-state index in [2.05, 4.69) is 15.0 Å². The van der Waals surface area contributed by atoms with Gasteiger partial charge < -0.3 is 11.1 Å². The second-order valence-electron chi connectivity index (χ2n) is 3.93. The minimum atomic E-state index is -3.30. The molecule has 0 fully saturated rings. The fourth-order valence-electron chi connectivity index (χ4n) is 1.38. The Morgan fingerprint density at radius 2 is 2.16 bits per heavy atom. The third-order valence-electron chi connectivity index (χ3n) is 2.25. The number of hydrogen-bond acceptors (Lipinski definition) is 5. The summed E-state index contributed by atoms with van der Waals surface area (Å²) in [5.74, 6) is -0.411. The first kappa shape index (κ1) is 15.4. The molecule has 106 valence electrons. The van der Waals surface area contributed by atoms with Crippen LogP contribution < -0.4 is 15.8 Å². The van der Waals surface area contributed by atoms with E-state index in [4.69, 9.17) is 5.73 Å². The number of anilines is 1. The Labute approximate surface area is 112 Å². The Hall–Kier alpha value is -1.67. The van der Waals surface area contributed by atoms with Crippen molar-refractivity contribution in [3.05, 3.63) is 24.0 Å². The summed E-state index contributed by atoms with van der Waals surface area (Å²) in [7, 11) is -3.30. The lowest BCUT2D eigenvalue weighted by atomic mass is 10.2. The van der Waals surface area contributed by atoms with Crippen LogP contribution in [0.15, 0.2) is 18.3 Å². The highest BCUT2D eigenvalue weighted by molar-refractivity contribution is 7.89. The molecule has 0 aromatic carbocycles. The van der Waals surface area contributed by atoms with E-state index in [0.717, 1.165) is 0 Å². The fourth-order valence-corrected chi connectivity index (χ4v) is 2.34. The van der Waals surface area contributed by atoms with Crippen molar-refractivity contribution in [2.45, 2.75) is 13.3 Å². The van der Waals surface area contributed by atoms with Crippen molar-refractivity contribution in [3.8, 4) is 0 Å². The maximum atomic E-state index is 11.5. The second-order valence-corrected chi connectivity index (χ2v) is 5.85. The molecule has 0 saturated carbocycles. The van der Waals surface area contributed by atoms with Crippen LogP contribution in [0.25, 0.3) is 0 Å². The number of carbonyl (C=O) groups excluding carboxylic acids is 1. The van der Waals surface area contributed by atoms with Gasteiger partial charge in [-0.3, -0.25) is 9.78 Å². The highest BCUT2D eigenvalue weighted by Gasteiger charge is 2.09. The number of nitrogens with two attached hydrogens (primary N) is 1. The molecule has 1 heterocycles. The number of nitrogens with one attached hydrogen (secondary N) is 2. The van der Waals surface area contributed by atoms with Gasteiger partial charge in [-0.15, -0.1) is 0 Å². The quantitative estimate of drug-likeness (QED) is 0.611. The van der Waals surface area contributed by atoms with Gasteiger partial charge in [-0.2, -0.15) is 0 Å². The summed E-state index contributed by atoms with van der Waals surface area (Å²) in [6, 6.07) is 3.32. The number of rotatable bonds is 7. The van der Waals surface area contributed by atoms with E-state index in [1.165, 1.54) is 6.20 Å². The molecule has 8 heteroatoms. The Kier molecular flexibility index (Phi) is 5.71. The predicted octanol–water partition coefficient (Wildman–Crippen LogP) is -0.738. The Morgan fingerprint density at radius 3 is 2.74 bits per heavy atom. The molecule has 1 aromatic heterocycles. The summed E-state index contributed by atoms with van der Waals surface area (Å²) in [5, 5.41) is 2.53. The monoisotopic (exact) mass is 286 g/mol. The van der Waals surface area contributed by atoms with Crippen LogP contribution in [-0.4, -0.2) is 38.2 Å². The lowest BCUT2D eigenvalue weighted by Crippen LogP contribution is -2.35. The van der Waals surface area contributed by atoms with Gasteiger partial charge in [0.15, 0.2) is 0 Å². The number of carbonyl (C=O) groups is 1. The fraction of sp³-hybridized carbons (Fsp3) is 0.455. The molecule has 1 aromatic rings. The molecule has 0 aliphatic rings. The number of hydrogen-bond donors (Lipinski definition) is 3. The van der Waals surface area contributed by atoms with E-state index in [1.54, 1.807) is 19.1 Å². The molecule has 0 aliphatic carbocycles. The number of aromatic nitrogens is 1. The third kappa shape index (κ3) is 6.16. The number of nitrogen functional groups attached to an aromatic ring is 1. The Morgan fingerprint density at radius 1 is 1.42 bits per heavy atom. The molecule has 0 unspecified atom stereocenters. The van der Waals surface area contributed by atoms with Gasteiger partial charge in [0.1, 0.15) is 0 Å². The maximum absolute atomic E-state index is 11.5. The van der Waals surface area contributed by atoms with Gasteiger partial charge in [0.25, 0.3) is 0 Å². The number of sulfonamides is 1. The SMILES string of the molecule is CCNS(=O)(=O)CCNC(=O)Cc1ccc(N)cn1. The molecule has 0 aliphatic heterocycles. The van der Waals surface area contributed by atoms with Gasteiger partial charge in [-0.05, 0) is 12.1 Å². The molecule has 1 amide bonds. The van der Waals surface area contributed by atoms with Crippen molar-refractivity contribution in [3.63, 3.8) is 0 Å². The summed E-state index contributed by atoms with van der Waals surface area (Å²) in [6.45, 7) is 2.11. The summed E-state index contributed by atoms with van der Waals surface area (Å²) in [6.07, 6.45) is 1.57. The van der Waals surface area contributed by atoms with E-state index >= 15 is 0 Å². The lowest BCUT2D eigenvalue weighted by Gasteiger charge is -2.06. The molecule has 0 saturated heterocycles. The largest absolute Gasteiger partial charge is 0.397 e. The van der Waals surface area contributed by atoms with Gasteiger partial charge in [-0.25, -0.2) is 13.1 Å². The van der Waals surface area contributed by atoms with Gasteiger partial charge in [0, 0.05) is 18.8 Å². The van der Waals surface area contributed by atoms with Crippen molar-refractivity contribution in [1.82, 2.24) is 15.0 Å². The Bertz CT molecular complexity index is 513. The molecule has 7 nitrogen and oxygen atoms in total. The van der Waals surface area contributed by atoms with Crippen molar-refractivity contribution < 1.29 is 13.2 Å². The molecule has 0 radical (unpaired) electrons. The molecule has 0 bridgehead atoms. The van der Waals surface area contributed by atoms with Gasteiger partial charge >= 0.3 is 0 Å². The van der Waals surface area contributed by atoms with Crippen LogP contribution >= 0.6 is 0 Å². The van der Waals surface area contributed by atoms with E-state index < -0.39 is 10.0 Å². The molecule has 0 atom stereocenters. The number of amides is 1. The highest BCUT2D eigenvalue weighted by Crippen LogP contribution is 2.01. The van der Waals surface area contributed by atoms with Gasteiger partial charge in [0.05, 0.1) is 24.1 Å². The molecular weight excluding hydrogens is 268 g/mol. The zero-order chi connectivity index (χ0) is 14.3. The van der Waals surface area contributed by atoms with Crippen LogP contribution in [0.5, 0.6) is 0 Å². The Balaban J connectivity index is 2.34. The zero-order valence-corrected chi connectivity index (χ0v) is 11.5. The average Bonchev–Trinajstić information content (AvgIpc) is 2.31. The topological polar surface area (TPSA) is 114 Å². The van der Waals surface area contributed by atoms with Gasteiger partial charge in [-0.1, -0.05) is 6.92 Å². The van der Waals surface area contributed by atoms with Crippen molar-refractivity contribution >= 4 is 21.6 Å². The zero-order valence-electron chi connectivity index (χ0n) is 10.7. The number of pyridine rings is 1. The smallest absolute Gasteiger partial charge is 0.226 e. The molecule has 19 heavy (non-hydrogen) atoms. The number of nitrogens with zero attached hydrogens (tertiary/aromatic N) is 1. The van der Waals surface area contributed by atoms with E-state index in [9.17, 15) is 13.2 Å². The van der Waals surface area contributed by atoms with E-state index in [-0.39, 0.29) is 24.6 Å². The van der Waals surface area contributed by atoms with Gasteiger partial charge in [0.2, 0.25) is 15.9 Å². The first-order chi connectivity index (χ1) is 8.93. The molecular formula is C11H18N4O3S. The van der Waals surface area contributed by atoms with E-state index in [0.29, 0.717) is 17.9 Å². The molecule has 0 spiro atoms. The first-order valence-corrected chi connectivity index (χ1v) is 7.52. The first-order valence-electron chi connectivity index (χ1n) is 5.87. The summed E-state index contributed by atoms with van der Waals surface area (Å²) in [4.78, 5) is 15.5. The second kappa shape index (κ2) is 7.05. The normalized spacial score (nSPS) is 11.2. The summed E-state index contributed by atoms with van der Waals surface area (Å²) >= 11 is 0. The van der Waals surface area contributed by atoms with Crippen LogP contribution in [0.2, 0.25) is 0 Å². The standard InChI is InChI=1S/C11H18N4O3S/c1-2-15-19(17,18)6-5-13-11(16)7-10-4-3-9(12)8-14-10/h3-4,8,15H,2,5-7,12H2,1H3,(H,13,16). The predicted molar refractivity (Wildman–Crippen MR) is 72.8 cm³/mol. The minimum Gasteiger partial charge on any atom is -0.397 e. The molecule has 1 rings (SSSR count). The van der Waals surface area contributed by atoms with Crippen LogP contribution in [-0.2, 0) is 21.2 Å². The average molecular weight is 286 g/mol. The van der Waals surface area contributed by atoms with Crippen LogP contribution in [0.3, 0.4) is 0 Å². The summed E-state index contributed by atoms with van der Waals surface area (Å²) in [5.41, 5.74) is 6.59. The van der Waals surface area contributed by atoms with Crippen molar-refractivity contribution in [2.24, 2.45) is 0 Å².